The number of hydrogen-bond acceptors (Lipinski definition) is 4. The van der Waals surface area contributed by atoms with E-state index in [2.05, 4.69) is 27.4 Å². The number of rotatable bonds is 7. The van der Waals surface area contributed by atoms with Gasteiger partial charge in [-0.05, 0) is 24.5 Å². The molecule has 1 fully saturated rings. The molecule has 0 aliphatic carbocycles. The smallest absolute Gasteiger partial charge is 0.221 e. The summed E-state index contributed by atoms with van der Waals surface area (Å²) in [5.41, 5.74) is 2.32. The Hall–Kier alpha value is -2.18. The van der Waals surface area contributed by atoms with Crippen molar-refractivity contribution >= 4 is 5.91 Å². The van der Waals surface area contributed by atoms with Crippen LogP contribution >= 0.6 is 0 Å². The van der Waals surface area contributed by atoms with Crippen LogP contribution in [0.2, 0.25) is 0 Å². The van der Waals surface area contributed by atoms with Gasteiger partial charge in [-0.15, -0.1) is 0 Å². The number of carbonyl (C=O) groups is 1. The number of nitrogens with one attached hydrogen (secondary N) is 1. The van der Waals surface area contributed by atoms with E-state index in [0.29, 0.717) is 32.5 Å². The van der Waals surface area contributed by atoms with E-state index in [1.165, 1.54) is 5.56 Å². The number of aryl methyl sites for hydroxylation is 2. The van der Waals surface area contributed by atoms with Gasteiger partial charge in [0.05, 0.1) is 12.3 Å². The summed E-state index contributed by atoms with van der Waals surface area (Å²) in [6.45, 7) is 4.59. The number of hydrogen-bond donors (Lipinski definition) is 2. The fraction of sp³-hybridized carbons (Fsp3) is 0.474. The van der Waals surface area contributed by atoms with E-state index in [1.807, 2.05) is 31.3 Å². The third-order valence-electron chi connectivity index (χ3n) is 4.60. The maximum atomic E-state index is 12.1. The van der Waals surface area contributed by atoms with Gasteiger partial charge in [0.2, 0.25) is 5.91 Å². The summed E-state index contributed by atoms with van der Waals surface area (Å²) in [6.07, 6.45) is 4.51. The molecule has 0 bridgehead atoms. The largest absolute Gasteiger partial charge is 0.392 e. The van der Waals surface area contributed by atoms with Gasteiger partial charge in [0, 0.05) is 44.8 Å². The Kier molecular flexibility index (Phi) is 5.83. The van der Waals surface area contributed by atoms with Gasteiger partial charge in [0.15, 0.2) is 0 Å². The lowest BCUT2D eigenvalue weighted by molar-refractivity contribution is -0.121. The zero-order chi connectivity index (χ0) is 17.6. The molecule has 1 aliphatic heterocycles. The van der Waals surface area contributed by atoms with Crippen molar-refractivity contribution in [3.05, 3.63) is 53.9 Å². The minimum Gasteiger partial charge on any atom is -0.392 e. The van der Waals surface area contributed by atoms with Crippen molar-refractivity contribution < 1.29 is 9.90 Å². The molecule has 0 radical (unpaired) electrons. The highest BCUT2D eigenvalue weighted by Gasteiger charge is 2.30. The van der Waals surface area contributed by atoms with Gasteiger partial charge in [0.25, 0.3) is 0 Å². The molecule has 1 amide bonds. The molecule has 1 saturated heterocycles. The molecule has 2 heterocycles. The first kappa shape index (κ1) is 17.6. The number of nitrogens with zero attached hydrogens (tertiary/aromatic N) is 3. The topological polar surface area (TPSA) is 70.4 Å². The number of aliphatic hydroxyl groups is 1. The molecule has 2 N–H and O–H groups in total. The molecule has 0 spiro atoms. The van der Waals surface area contributed by atoms with E-state index in [9.17, 15) is 9.90 Å². The summed E-state index contributed by atoms with van der Waals surface area (Å²) >= 11 is 0. The number of amides is 1. The van der Waals surface area contributed by atoms with Crippen LogP contribution in [0.25, 0.3) is 0 Å². The van der Waals surface area contributed by atoms with E-state index < -0.39 is 0 Å². The SMILES string of the molecule is Cc1cnn(CCC(=O)NCC2CC(O)CN2Cc2ccccc2)c1. The standard InChI is InChI=1S/C19H26N4O2/c1-15-10-21-23(12-15)8-7-19(25)20-11-17-9-18(24)14-22(17)13-16-5-3-2-4-6-16/h2-6,10,12,17-18,24H,7-9,11,13-14H2,1H3,(H,20,25). The first-order valence-corrected chi connectivity index (χ1v) is 8.82. The van der Waals surface area contributed by atoms with Crippen molar-refractivity contribution in [1.82, 2.24) is 20.0 Å². The van der Waals surface area contributed by atoms with Crippen LogP contribution in [-0.2, 0) is 17.9 Å². The Morgan fingerprint density at radius 3 is 2.88 bits per heavy atom. The molecule has 134 valence electrons. The lowest BCUT2D eigenvalue weighted by atomic mass is 10.1. The van der Waals surface area contributed by atoms with Crippen LogP contribution in [0.4, 0.5) is 0 Å². The molecule has 3 rings (SSSR count). The molecule has 1 aliphatic rings. The highest BCUT2D eigenvalue weighted by molar-refractivity contribution is 5.75. The van der Waals surface area contributed by atoms with Crippen molar-refractivity contribution in [2.24, 2.45) is 0 Å². The van der Waals surface area contributed by atoms with Gasteiger partial charge in [-0.1, -0.05) is 30.3 Å². The third-order valence-corrected chi connectivity index (χ3v) is 4.60. The predicted molar refractivity (Wildman–Crippen MR) is 95.9 cm³/mol. The summed E-state index contributed by atoms with van der Waals surface area (Å²) in [4.78, 5) is 14.3. The van der Waals surface area contributed by atoms with Crippen LogP contribution in [-0.4, -0.2) is 50.9 Å². The van der Waals surface area contributed by atoms with Gasteiger partial charge in [-0.3, -0.25) is 14.4 Å². The second kappa shape index (κ2) is 8.27. The third kappa shape index (κ3) is 5.14. The van der Waals surface area contributed by atoms with E-state index in [0.717, 1.165) is 12.1 Å². The molecular weight excluding hydrogens is 316 g/mol. The van der Waals surface area contributed by atoms with Crippen LogP contribution in [0.3, 0.4) is 0 Å². The Morgan fingerprint density at radius 1 is 1.36 bits per heavy atom. The Balaban J connectivity index is 1.46. The highest BCUT2D eigenvalue weighted by Crippen LogP contribution is 2.20. The molecule has 1 aromatic carbocycles. The Morgan fingerprint density at radius 2 is 2.16 bits per heavy atom. The number of likely N-dealkylation sites (tertiary alicyclic amines) is 1. The second-order valence-electron chi connectivity index (χ2n) is 6.79. The van der Waals surface area contributed by atoms with E-state index in [4.69, 9.17) is 0 Å². The number of benzene rings is 1. The first-order valence-electron chi connectivity index (χ1n) is 8.82. The van der Waals surface area contributed by atoms with E-state index in [-0.39, 0.29) is 18.1 Å². The molecule has 6 nitrogen and oxygen atoms in total. The van der Waals surface area contributed by atoms with E-state index in [1.54, 1.807) is 10.9 Å². The van der Waals surface area contributed by atoms with Crippen molar-refractivity contribution in [3.63, 3.8) is 0 Å². The molecule has 2 unspecified atom stereocenters. The average molecular weight is 342 g/mol. The van der Waals surface area contributed by atoms with Gasteiger partial charge in [-0.25, -0.2) is 0 Å². The minimum absolute atomic E-state index is 0.0224. The maximum absolute atomic E-state index is 12.1. The number of aliphatic hydroxyl groups excluding tert-OH is 1. The summed E-state index contributed by atoms with van der Waals surface area (Å²) in [6, 6.07) is 10.4. The molecule has 2 aromatic rings. The van der Waals surface area contributed by atoms with Crippen LogP contribution in [0.15, 0.2) is 42.7 Å². The normalized spacial score (nSPS) is 20.7. The molecule has 0 saturated carbocycles. The van der Waals surface area contributed by atoms with Crippen LogP contribution in [0.5, 0.6) is 0 Å². The summed E-state index contributed by atoms with van der Waals surface area (Å²) in [5.74, 6) is 0.0224. The highest BCUT2D eigenvalue weighted by atomic mass is 16.3. The zero-order valence-electron chi connectivity index (χ0n) is 14.6. The average Bonchev–Trinajstić information content (AvgIpc) is 3.17. The first-order chi connectivity index (χ1) is 12.1. The molecule has 6 heteroatoms. The maximum Gasteiger partial charge on any atom is 0.221 e. The summed E-state index contributed by atoms with van der Waals surface area (Å²) < 4.78 is 1.79. The van der Waals surface area contributed by atoms with Gasteiger partial charge in [0.1, 0.15) is 0 Å². The van der Waals surface area contributed by atoms with E-state index >= 15 is 0 Å². The van der Waals surface area contributed by atoms with Crippen molar-refractivity contribution in [2.45, 2.75) is 45.0 Å². The quantitative estimate of drug-likeness (QED) is 0.796. The van der Waals surface area contributed by atoms with Crippen LogP contribution < -0.4 is 5.32 Å². The minimum atomic E-state index is -0.322. The van der Waals surface area contributed by atoms with Crippen LogP contribution in [0.1, 0.15) is 24.0 Å². The predicted octanol–water partition coefficient (Wildman–Crippen LogP) is 1.33. The van der Waals surface area contributed by atoms with Crippen LogP contribution in [0, 0.1) is 6.92 Å². The fourth-order valence-corrected chi connectivity index (χ4v) is 3.31. The van der Waals surface area contributed by atoms with Gasteiger partial charge < -0.3 is 10.4 Å². The zero-order valence-corrected chi connectivity index (χ0v) is 14.6. The molecule has 2 atom stereocenters. The lowest BCUT2D eigenvalue weighted by Gasteiger charge is -2.24. The lowest BCUT2D eigenvalue weighted by Crippen LogP contribution is -2.40. The Bertz CT molecular complexity index is 686. The van der Waals surface area contributed by atoms with Crippen molar-refractivity contribution in [1.29, 1.82) is 0 Å². The Labute approximate surface area is 148 Å². The summed E-state index contributed by atoms with van der Waals surface area (Å²) in [7, 11) is 0. The van der Waals surface area contributed by atoms with Gasteiger partial charge >= 0.3 is 0 Å². The second-order valence-corrected chi connectivity index (χ2v) is 6.79. The van der Waals surface area contributed by atoms with Crippen molar-refractivity contribution in [3.8, 4) is 0 Å². The van der Waals surface area contributed by atoms with Crippen molar-refractivity contribution in [2.75, 3.05) is 13.1 Å². The molecular formula is C19H26N4O2. The fourth-order valence-electron chi connectivity index (χ4n) is 3.31. The van der Waals surface area contributed by atoms with Gasteiger partial charge in [-0.2, -0.15) is 5.10 Å². The number of carbonyl (C=O) groups excluding carboxylic acids is 1. The number of β-amino-alcohol motifs (C(OH)–C–C–N with tert-alkyl or cyclic N) is 1. The molecule has 25 heavy (non-hydrogen) atoms. The molecule has 1 aromatic heterocycles. The summed E-state index contributed by atoms with van der Waals surface area (Å²) in [5, 5.41) is 17.2. The number of aromatic nitrogens is 2. The monoisotopic (exact) mass is 342 g/mol.